The summed E-state index contributed by atoms with van der Waals surface area (Å²) in [5.74, 6) is 0.673. The second-order valence-electron chi connectivity index (χ2n) is 4.01. The maximum atomic E-state index is 9.06. The number of hydrogen-bond donors (Lipinski definition) is 1. The average Bonchev–Trinajstić information content (AvgIpc) is 2.92. The lowest BCUT2D eigenvalue weighted by molar-refractivity contribution is 0.684. The van der Waals surface area contributed by atoms with Gasteiger partial charge in [0.25, 0.3) is 0 Å². The molecule has 0 spiro atoms. The van der Waals surface area contributed by atoms with Crippen LogP contribution in [-0.4, -0.2) is 4.98 Å². The summed E-state index contributed by atoms with van der Waals surface area (Å²) in [6.07, 6.45) is 3.83. The molecule has 0 amide bonds. The Bertz CT molecular complexity index is 528. The zero-order chi connectivity index (χ0) is 12.8. The molecule has 0 aromatic carbocycles. The smallest absolute Gasteiger partial charge is 0.144 e. The van der Waals surface area contributed by atoms with Crippen LogP contribution in [0.2, 0.25) is 0 Å². The van der Waals surface area contributed by atoms with E-state index in [-0.39, 0.29) is 6.04 Å². The molecule has 0 saturated carbocycles. The Labute approximate surface area is 111 Å². The van der Waals surface area contributed by atoms with Crippen LogP contribution in [0.15, 0.2) is 35.8 Å². The molecule has 1 unspecified atom stereocenters. The number of thiophene rings is 1. The van der Waals surface area contributed by atoms with E-state index >= 15 is 0 Å². The molecule has 4 heteroatoms. The minimum Gasteiger partial charge on any atom is -0.361 e. The molecule has 0 saturated heterocycles. The third-order valence-corrected chi connectivity index (χ3v) is 3.69. The monoisotopic (exact) mass is 257 g/mol. The van der Waals surface area contributed by atoms with Gasteiger partial charge in [0.1, 0.15) is 11.9 Å². The molecule has 0 fully saturated rings. The van der Waals surface area contributed by atoms with Crippen LogP contribution >= 0.6 is 11.3 Å². The molecule has 0 aliphatic rings. The Balaban J connectivity index is 2.22. The highest BCUT2D eigenvalue weighted by Gasteiger charge is 2.13. The molecule has 1 atom stereocenters. The molecule has 0 aliphatic heterocycles. The Morgan fingerprint density at radius 2 is 2.33 bits per heavy atom. The lowest BCUT2D eigenvalue weighted by atomic mass is 10.1. The second-order valence-corrected chi connectivity index (χ2v) is 4.99. The predicted octanol–water partition coefficient (Wildman–Crippen LogP) is 3.97. The summed E-state index contributed by atoms with van der Waals surface area (Å²) in [5.41, 5.74) is 0.593. The zero-order valence-electron chi connectivity index (χ0n) is 10.3. The maximum Gasteiger partial charge on any atom is 0.144 e. The van der Waals surface area contributed by atoms with Crippen LogP contribution in [0.5, 0.6) is 0 Å². The first kappa shape index (κ1) is 12.6. The fraction of sp³-hybridized carbons (Fsp3) is 0.286. The number of nitrogens with one attached hydrogen (secondary N) is 1. The summed E-state index contributed by atoms with van der Waals surface area (Å²) >= 11 is 1.73. The number of nitrogens with zero attached hydrogens (tertiary/aromatic N) is 2. The standard InChI is InChI=1S/C14H15N3S/c1-2-5-12(13-7-4-9-18-13)17-14-11(10-15)6-3-8-16-14/h3-4,6-9,12H,2,5H2,1H3,(H,16,17). The van der Waals surface area contributed by atoms with E-state index in [1.807, 2.05) is 6.07 Å². The van der Waals surface area contributed by atoms with E-state index in [0.717, 1.165) is 12.8 Å². The summed E-state index contributed by atoms with van der Waals surface area (Å²) in [6.45, 7) is 2.16. The molecule has 92 valence electrons. The number of pyridine rings is 1. The van der Waals surface area contributed by atoms with Crippen molar-refractivity contribution >= 4 is 17.2 Å². The van der Waals surface area contributed by atoms with E-state index in [0.29, 0.717) is 11.4 Å². The minimum absolute atomic E-state index is 0.233. The summed E-state index contributed by atoms with van der Waals surface area (Å²) in [6, 6.07) is 10.1. The van der Waals surface area contributed by atoms with Crippen molar-refractivity contribution in [3.63, 3.8) is 0 Å². The molecule has 18 heavy (non-hydrogen) atoms. The van der Waals surface area contributed by atoms with Gasteiger partial charge in [-0.1, -0.05) is 19.4 Å². The van der Waals surface area contributed by atoms with E-state index in [4.69, 9.17) is 5.26 Å². The van der Waals surface area contributed by atoms with Crippen LogP contribution < -0.4 is 5.32 Å². The van der Waals surface area contributed by atoms with Gasteiger partial charge in [-0.25, -0.2) is 4.98 Å². The van der Waals surface area contributed by atoms with Gasteiger partial charge in [-0.05, 0) is 30.0 Å². The number of anilines is 1. The van der Waals surface area contributed by atoms with Gasteiger partial charge in [-0.3, -0.25) is 0 Å². The van der Waals surface area contributed by atoms with Crippen LogP contribution in [0.1, 0.15) is 36.2 Å². The normalized spacial score (nSPS) is 11.8. The summed E-state index contributed by atoms with van der Waals surface area (Å²) in [4.78, 5) is 5.54. The van der Waals surface area contributed by atoms with Crippen molar-refractivity contribution in [2.24, 2.45) is 0 Å². The van der Waals surface area contributed by atoms with Gasteiger partial charge in [0.2, 0.25) is 0 Å². The van der Waals surface area contributed by atoms with Crippen LogP contribution in [0.3, 0.4) is 0 Å². The van der Waals surface area contributed by atoms with Gasteiger partial charge in [-0.2, -0.15) is 5.26 Å². The summed E-state index contributed by atoms with van der Waals surface area (Å²) in [7, 11) is 0. The fourth-order valence-corrected chi connectivity index (χ4v) is 2.65. The lowest BCUT2D eigenvalue weighted by Crippen LogP contribution is -2.11. The van der Waals surface area contributed by atoms with Crippen molar-refractivity contribution < 1.29 is 0 Å². The molecule has 3 nitrogen and oxygen atoms in total. The van der Waals surface area contributed by atoms with Crippen molar-refractivity contribution in [1.29, 1.82) is 5.26 Å². The van der Waals surface area contributed by atoms with Crippen molar-refractivity contribution in [2.75, 3.05) is 5.32 Å². The number of nitriles is 1. The summed E-state index contributed by atoms with van der Waals surface area (Å²) in [5, 5.41) is 14.5. The molecule has 0 aliphatic carbocycles. The molecule has 0 radical (unpaired) electrons. The van der Waals surface area contributed by atoms with E-state index in [1.165, 1.54) is 4.88 Å². The maximum absolute atomic E-state index is 9.06. The summed E-state index contributed by atoms with van der Waals surface area (Å²) < 4.78 is 0. The van der Waals surface area contributed by atoms with Crippen molar-refractivity contribution in [1.82, 2.24) is 4.98 Å². The molecule has 2 heterocycles. The van der Waals surface area contributed by atoms with Crippen molar-refractivity contribution in [3.8, 4) is 6.07 Å². The third kappa shape index (κ3) is 2.88. The van der Waals surface area contributed by atoms with Crippen LogP contribution in [-0.2, 0) is 0 Å². The van der Waals surface area contributed by atoms with Crippen molar-refractivity contribution in [3.05, 3.63) is 46.3 Å². The highest BCUT2D eigenvalue weighted by molar-refractivity contribution is 7.10. The average molecular weight is 257 g/mol. The highest BCUT2D eigenvalue weighted by atomic mass is 32.1. The van der Waals surface area contributed by atoms with E-state index < -0.39 is 0 Å². The van der Waals surface area contributed by atoms with Gasteiger partial charge in [0, 0.05) is 11.1 Å². The van der Waals surface area contributed by atoms with Gasteiger partial charge in [-0.15, -0.1) is 11.3 Å². The molecule has 1 N–H and O–H groups in total. The number of hydrogen-bond acceptors (Lipinski definition) is 4. The van der Waals surface area contributed by atoms with Gasteiger partial charge < -0.3 is 5.32 Å². The van der Waals surface area contributed by atoms with Crippen LogP contribution in [0, 0.1) is 11.3 Å². The molecule has 2 rings (SSSR count). The Morgan fingerprint density at radius 1 is 1.44 bits per heavy atom. The first-order valence-electron chi connectivity index (χ1n) is 6.00. The van der Waals surface area contributed by atoms with Gasteiger partial charge in [0.15, 0.2) is 0 Å². The Hall–Kier alpha value is -1.86. The van der Waals surface area contributed by atoms with Gasteiger partial charge in [0.05, 0.1) is 11.6 Å². The molecule has 2 aromatic heterocycles. The van der Waals surface area contributed by atoms with Crippen LogP contribution in [0.25, 0.3) is 0 Å². The topological polar surface area (TPSA) is 48.7 Å². The van der Waals surface area contributed by atoms with Crippen LogP contribution in [0.4, 0.5) is 5.82 Å². The highest BCUT2D eigenvalue weighted by Crippen LogP contribution is 2.27. The predicted molar refractivity (Wildman–Crippen MR) is 74.5 cm³/mol. The van der Waals surface area contributed by atoms with Gasteiger partial charge >= 0.3 is 0 Å². The zero-order valence-corrected chi connectivity index (χ0v) is 11.1. The van der Waals surface area contributed by atoms with E-state index in [9.17, 15) is 0 Å². The molecule has 0 bridgehead atoms. The van der Waals surface area contributed by atoms with E-state index in [1.54, 1.807) is 29.7 Å². The third-order valence-electron chi connectivity index (χ3n) is 2.70. The molecule has 2 aromatic rings. The largest absolute Gasteiger partial charge is 0.361 e. The number of rotatable bonds is 5. The first-order valence-corrected chi connectivity index (χ1v) is 6.88. The fourth-order valence-electron chi connectivity index (χ4n) is 1.84. The molecular weight excluding hydrogens is 242 g/mol. The Kier molecular flexibility index (Phi) is 4.32. The number of aromatic nitrogens is 1. The Morgan fingerprint density at radius 3 is 3.00 bits per heavy atom. The lowest BCUT2D eigenvalue weighted by Gasteiger charge is -2.17. The minimum atomic E-state index is 0.233. The SMILES string of the molecule is CCCC(Nc1ncccc1C#N)c1cccs1. The first-order chi connectivity index (χ1) is 8.85. The second kappa shape index (κ2) is 6.18. The molecular formula is C14H15N3S. The van der Waals surface area contributed by atoms with Crippen molar-refractivity contribution in [2.45, 2.75) is 25.8 Å². The quantitative estimate of drug-likeness (QED) is 0.881. The van der Waals surface area contributed by atoms with E-state index in [2.05, 4.69) is 34.7 Å².